The van der Waals surface area contributed by atoms with Crippen LogP contribution in [0.15, 0.2) is 18.2 Å². The number of hydrogen-bond donors (Lipinski definition) is 1. The Hall–Kier alpha value is -1.07. The number of aliphatic hydroxyl groups is 1. The maximum absolute atomic E-state index is 12.3. The molecule has 0 atom stereocenters. The van der Waals surface area contributed by atoms with E-state index in [1.165, 1.54) is 13.2 Å². The lowest BCUT2D eigenvalue weighted by atomic mass is 10.0. The Labute approximate surface area is 85.3 Å². The van der Waals surface area contributed by atoms with Crippen molar-refractivity contribution in [3.05, 3.63) is 34.9 Å². The summed E-state index contributed by atoms with van der Waals surface area (Å²) in [6.45, 7) is -0.239. The van der Waals surface area contributed by atoms with E-state index in [1.807, 2.05) is 0 Å². The van der Waals surface area contributed by atoms with E-state index in [2.05, 4.69) is 0 Å². The summed E-state index contributed by atoms with van der Waals surface area (Å²) in [5, 5.41) is 8.90. The summed E-state index contributed by atoms with van der Waals surface area (Å²) in [6, 6.07) is 3.21. The van der Waals surface area contributed by atoms with Gasteiger partial charge in [-0.05, 0) is 23.3 Å². The highest BCUT2D eigenvalue weighted by atomic mass is 19.4. The van der Waals surface area contributed by atoms with Crippen molar-refractivity contribution in [2.24, 2.45) is 0 Å². The van der Waals surface area contributed by atoms with E-state index in [0.717, 1.165) is 12.1 Å². The van der Waals surface area contributed by atoms with Gasteiger partial charge in [-0.1, -0.05) is 6.07 Å². The molecule has 0 aliphatic carbocycles. The molecule has 1 N–H and O–H groups in total. The van der Waals surface area contributed by atoms with E-state index < -0.39 is 11.7 Å². The molecule has 0 spiro atoms. The third-order valence-corrected chi connectivity index (χ3v) is 2.00. The molecule has 0 heterocycles. The fourth-order valence-electron chi connectivity index (χ4n) is 1.25. The van der Waals surface area contributed by atoms with Crippen molar-refractivity contribution in [1.82, 2.24) is 0 Å². The predicted octanol–water partition coefficient (Wildman–Crippen LogP) is 2.34. The largest absolute Gasteiger partial charge is 0.416 e. The minimum Gasteiger partial charge on any atom is -0.392 e. The van der Waals surface area contributed by atoms with Gasteiger partial charge in [-0.25, -0.2) is 0 Å². The van der Waals surface area contributed by atoms with Gasteiger partial charge in [-0.15, -0.1) is 0 Å². The number of ether oxygens (including phenoxy) is 1. The van der Waals surface area contributed by atoms with Gasteiger partial charge >= 0.3 is 6.18 Å². The van der Waals surface area contributed by atoms with E-state index in [4.69, 9.17) is 9.84 Å². The first kappa shape index (κ1) is 12.0. The second kappa shape index (κ2) is 4.63. The molecule has 0 amide bonds. The second-order valence-corrected chi connectivity index (χ2v) is 3.07. The summed E-state index contributed by atoms with van der Waals surface area (Å²) in [6.07, 6.45) is -4.36. The highest BCUT2D eigenvalue weighted by molar-refractivity contribution is 5.32. The lowest BCUT2D eigenvalue weighted by molar-refractivity contribution is -0.137. The van der Waals surface area contributed by atoms with E-state index in [-0.39, 0.29) is 13.2 Å². The van der Waals surface area contributed by atoms with Crippen LogP contribution in [0.2, 0.25) is 0 Å². The van der Waals surface area contributed by atoms with Gasteiger partial charge in [0, 0.05) is 7.11 Å². The van der Waals surface area contributed by atoms with Crippen LogP contribution in [0.5, 0.6) is 0 Å². The molecule has 1 aromatic rings. The summed E-state index contributed by atoms with van der Waals surface area (Å²) in [5.41, 5.74) is 0.0754. The van der Waals surface area contributed by atoms with Crippen molar-refractivity contribution in [3.63, 3.8) is 0 Å². The monoisotopic (exact) mass is 220 g/mol. The van der Waals surface area contributed by atoms with E-state index in [1.54, 1.807) is 0 Å². The summed E-state index contributed by atoms with van der Waals surface area (Å²) < 4.78 is 41.8. The molecule has 84 valence electrons. The van der Waals surface area contributed by atoms with Crippen molar-refractivity contribution >= 4 is 0 Å². The zero-order chi connectivity index (χ0) is 11.5. The van der Waals surface area contributed by atoms with Gasteiger partial charge in [-0.3, -0.25) is 0 Å². The number of hydrogen-bond acceptors (Lipinski definition) is 2. The number of alkyl halides is 3. The molecule has 1 rings (SSSR count). The molecular weight excluding hydrogens is 209 g/mol. The molecule has 0 aliphatic heterocycles. The van der Waals surface area contributed by atoms with E-state index in [0.29, 0.717) is 11.1 Å². The highest BCUT2D eigenvalue weighted by Gasteiger charge is 2.30. The maximum Gasteiger partial charge on any atom is 0.416 e. The predicted molar refractivity (Wildman–Crippen MR) is 48.1 cm³/mol. The molecule has 0 bridgehead atoms. The van der Waals surface area contributed by atoms with E-state index >= 15 is 0 Å². The molecule has 0 aliphatic rings. The molecule has 15 heavy (non-hydrogen) atoms. The van der Waals surface area contributed by atoms with Gasteiger partial charge in [-0.2, -0.15) is 13.2 Å². The molecular formula is C10H11F3O2. The molecule has 0 unspecified atom stereocenters. The molecule has 0 saturated heterocycles. The Morgan fingerprint density at radius 1 is 1.27 bits per heavy atom. The number of rotatable bonds is 3. The molecule has 0 fully saturated rings. The van der Waals surface area contributed by atoms with Crippen molar-refractivity contribution in [2.45, 2.75) is 19.4 Å². The van der Waals surface area contributed by atoms with Crippen molar-refractivity contribution in [1.29, 1.82) is 0 Å². The van der Waals surface area contributed by atoms with E-state index in [9.17, 15) is 13.2 Å². The topological polar surface area (TPSA) is 29.5 Å². The van der Waals surface area contributed by atoms with Crippen molar-refractivity contribution in [3.8, 4) is 0 Å². The molecule has 5 heteroatoms. The highest BCUT2D eigenvalue weighted by Crippen LogP contribution is 2.30. The molecule has 2 nitrogen and oxygen atoms in total. The fraction of sp³-hybridized carbons (Fsp3) is 0.400. The third kappa shape index (κ3) is 2.94. The van der Waals surface area contributed by atoms with Crippen LogP contribution in [0.1, 0.15) is 16.7 Å². The first-order valence-corrected chi connectivity index (χ1v) is 4.28. The SMILES string of the molecule is COCc1cc(C(F)(F)F)ccc1CO. The van der Waals surface area contributed by atoms with Crippen LogP contribution < -0.4 is 0 Å². The average Bonchev–Trinajstić information content (AvgIpc) is 2.17. The third-order valence-electron chi connectivity index (χ3n) is 2.00. The Morgan fingerprint density at radius 2 is 1.93 bits per heavy atom. The smallest absolute Gasteiger partial charge is 0.392 e. The normalized spacial score (nSPS) is 11.8. The number of halogens is 3. The van der Waals surface area contributed by atoms with Crippen LogP contribution >= 0.6 is 0 Å². The standard InChI is InChI=1S/C10H11F3O2/c1-15-6-8-4-9(10(11,12)13)3-2-7(8)5-14/h2-4,14H,5-6H2,1H3. The quantitative estimate of drug-likeness (QED) is 0.847. The number of aliphatic hydroxyl groups excluding tert-OH is 1. The Bertz CT molecular complexity index is 334. The lowest BCUT2D eigenvalue weighted by Crippen LogP contribution is -2.07. The van der Waals surface area contributed by atoms with Gasteiger partial charge in [0.1, 0.15) is 0 Å². The molecule has 1 aromatic carbocycles. The lowest BCUT2D eigenvalue weighted by Gasteiger charge is -2.11. The maximum atomic E-state index is 12.3. The van der Waals surface area contributed by atoms with Crippen LogP contribution in [0.25, 0.3) is 0 Å². The molecule has 0 aromatic heterocycles. The molecule has 0 saturated carbocycles. The zero-order valence-corrected chi connectivity index (χ0v) is 8.14. The van der Waals surface area contributed by atoms with Crippen LogP contribution in [0.3, 0.4) is 0 Å². The molecule has 0 radical (unpaired) electrons. The van der Waals surface area contributed by atoms with Crippen LogP contribution in [-0.4, -0.2) is 12.2 Å². The second-order valence-electron chi connectivity index (χ2n) is 3.07. The Balaban J connectivity index is 3.10. The van der Waals surface area contributed by atoms with Crippen LogP contribution in [0, 0.1) is 0 Å². The first-order valence-electron chi connectivity index (χ1n) is 4.28. The van der Waals surface area contributed by atoms with Crippen molar-refractivity contribution in [2.75, 3.05) is 7.11 Å². The number of benzene rings is 1. The zero-order valence-electron chi connectivity index (χ0n) is 8.14. The Morgan fingerprint density at radius 3 is 2.40 bits per heavy atom. The summed E-state index contributed by atoms with van der Waals surface area (Å²) in [5.74, 6) is 0. The van der Waals surface area contributed by atoms with Gasteiger partial charge in [0.25, 0.3) is 0 Å². The summed E-state index contributed by atoms with van der Waals surface area (Å²) in [4.78, 5) is 0. The van der Waals surface area contributed by atoms with Gasteiger partial charge in [0.05, 0.1) is 18.8 Å². The van der Waals surface area contributed by atoms with Crippen LogP contribution in [-0.2, 0) is 24.1 Å². The van der Waals surface area contributed by atoms with Gasteiger partial charge in [0.15, 0.2) is 0 Å². The minimum absolute atomic E-state index is 0.0554. The minimum atomic E-state index is -4.36. The Kier molecular flexibility index (Phi) is 3.71. The number of methoxy groups -OCH3 is 1. The first-order chi connectivity index (χ1) is 6.99. The van der Waals surface area contributed by atoms with Gasteiger partial charge < -0.3 is 9.84 Å². The fourth-order valence-corrected chi connectivity index (χ4v) is 1.25. The van der Waals surface area contributed by atoms with Gasteiger partial charge in [0.2, 0.25) is 0 Å². The van der Waals surface area contributed by atoms with Crippen LogP contribution in [0.4, 0.5) is 13.2 Å². The van der Waals surface area contributed by atoms with Crippen molar-refractivity contribution < 1.29 is 23.0 Å². The summed E-state index contributed by atoms with van der Waals surface area (Å²) in [7, 11) is 1.39. The average molecular weight is 220 g/mol. The summed E-state index contributed by atoms with van der Waals surface area (Å²) >= 11 is 0.